The van der Waals surface area contributed by atoms with Crippen LogP contribution in [0, 0.1) is 10.1 Å². The molecule has 1 aliphatic rings. The fourth-order valence-corrected chi connectivity index (χ4v) is 4.09. The monoisotopic (exact) mass is 463 g/mol. The Kier molecular flexibility index (Phi) is 4.60. The number of aromatic carboxylic acids is 1. The molecule has 0 bridgehead atoms. The highest BCUT2D eigenvalue weighted by Gasteiger charge is 2.39. The zero-order valence-corrected chi connectivity index (χ0v) is 16.3. The van der Waals surface area contributed by atoms with Crippen molar-refractivity contribution in [2.75, 3.05) is 0 Å². The number of pyridine rings is 1. The summed E-state index contributed by atoms with van der Waals surface area (Å²) in [5, 5.41) is 25.6. The van der Waals surface area contributed by atoms with Gasteiger partial charge in [-0.05, 0) is 46.1 Å². The number of nitro benzene ring substituents is 1. The minimum Gasteiger partial charge on any atom is -0.478 e. The molecule has 2 atom stereocenters. The Morgan fingerprint density at radius 2 is 2.18 bits per heavy atom. The summed E-state index contributed by atoms with van der Waals surface area (Å²) in [7, 11) is 0. The smallest absolute Gasteiger partial charge is 0.335 e. The Morgan fingerprint density at radius 1 is 1.39 bits per heavy atom. The molecule has 11 heteroatoms. The summed E-state index contributed by atoms with van der Waals surface area (Å²) in [5.41, 5.74) is 0.670. The van der Waals surface area contributed by atoms with Crippen LogP contribution < -0.4 is 0 Å². The van der Waals surface area contributed by atoms with Crippen LogP contribution in [0.3, 0.4) is 0 Å². The highest BCUT2D eigenvalue weighted by Crippen LogP contribution is 2.45. The molecular formula is C17H11BrClN5O4. The molecular weight excluding hydrogens is 454 g/mol. The minimum absolute atomic E-state index is 0.0194. The zero-order valence-electron chi connectivity index (χ0n) is 14.0. The molecule has 0 fully saturated rings. The molecule has 0 saturated carbocycles. The highest BCUT2D eigenvalue weighted by molar-refractivity contribution is 9.10. The third kappa shape index (κ3) is 3.04. The number of halogens is 2. The van der Waals surface area contributed by atoms with E-state index in [1.54, 1.807) is 23.0 Å². The fraction of sp³-hybridized carbons (Fsp3) is 0.176. The van der Waals surface area contributed by atoms with Gasteiger partial charge in [-0.3, -0.25) is 15.1 Å². The van der Waals surface area contributed by atoms with Gasteiger partial charge in [-0.25, -0.2) is 14.5 Å². The van der Waals surface area contributed by atoms with Crippen LogP contribution in [0.25, 0.3) is 0 Å². The van der Waals surface area contributed by atoms with Gasteiger partial charge in [0, 0.05) is 24.2 Å². The van der Waals surface area contributed by atoms with E-state index in [4.69, 9.17) is 11.6 Å². The second kappa shape index (κ2) is 6.95. The lowest BCUT2D eigenvalue weighted by atomic mass is 9.89. The van der Waals surface area contributed by atoms with Crippen LogP contribution in [0.5, 0.6) is 0 Å². The number of fused-ring (bicyclic) bond motifs is 1. The summed E-state index contributed by atoms with van der Waals surface area (Å²) in [5.74, 6) is -1.20. The summed E-state index contributed by atoms with van der Waals surface area (Å²) in [6, 6.07) is 6.73. The first kappa shape index (κ1) is 18.5. The average molecular weight is 465 g/mol. The number of aromatic nitrogens is 4. The number of non-ortho nitro benzene ring substituents is 1. The van der Waals surface area contributed by atoms with E-state index in [1.165, 1.54) is 18.2 Å². The Labute approximate surface area is 171 Å². The molecule has 142 valence electrons. The predicted octanol–water partition coefficient (Wildman–Crippen LogP) is 3.82. The molecule has 3 heterocycles. The predicted molar refractivity (Wildman–Crippen MR) is 102 cm³/mol. The first-order valence-electron chi connectivity index (χ1n) is 8.10. The molecule has 0 amide bonds. The Hall–Kier alpha value is -2.85. The van der Waals surface area contributed by atoms with Crippen molar-refractivity contribution < 1.29 is 14.8 Å². The number of carboxylic acid groups (broad SMARTS) is 1. The van der Waals surface area contributed by atoms with E-state index >= 15 is 0 Å². The third-order valence-electron chi connectivity index (χ3n) is 4.65. The lowest BCUT2D eigenvalue weighted by Gasteiger charge is -2.14. The molecule has 0 unspecified atom stereocenters. The van der Waals surface area contributed by atoms with Crippen LogP contribution in [-0.4, -0.2) is 35.7 Å². The fourth-order valence-electron chi connectivity index (χ4n) is 3.49. The maximum absolute atomic E-state index is 11.7. The van der Waals surface area contributed by atoms with Gasteiger partial charge >= 0.3 is 5.97 Å². The quantitative estimate of drug-likeness (QED) is 0.460. The van der Waals surface area contributed by atoms with Gasteiger partial charge in [0.25, 0.3) is 5.69 Å². The van der Waals surface area contributed by atoms with E-state index in [0.29, 0.717) is 33.3 Å². The maximum atomic E-state index is 11.7. The zero-order chi connectivity index (χ0) is 20.0. The molecule has 1 aromatic carbocycles. The molecule has 1 N–H and O–H groups in total. The lowest BCUT2D eigenvalue weighted by molar-refractivity contribution is -0.384. The molecule has 28 heavy (non-hydrogen) atoms. The molecule has 1 aliphatic heterocycles. The van der Waals surface area contributed by atoms with Crippen molar-refractivity contribution in [1.29, 1.82) is 0 Å². The van der Waals surface area contributed by atoms with Gasteiger partial charge in [0.1, 0.15) is 5.82 Å². The van der Waals surface area contributed by atoms with E-state index in [1.807, 2.05) is 0 Å². The maximum Gasteiger partial charge on any atom is 0.335 e. The van der Waals surface area contributed by atoms with Crippen LogP contribution in [0.2, 0.25) is 5.02 Å². The molecule has 4 rings (SSSR count). The topological polar surface area (TPSA) is 124 Å². The molecule has 3 aromatic rings. The minimum atomic E-state index is -1.17. The van der Waals surface area contributed by atoms with Crippen molar-refractivity contribution in [3.63, 3.8) is 0 Å². The van der Waals surface area contributed by atoms with Gasteiger partial charge in [-0.2, -0.15) is 0 Å². The van der Waals surface area contributed by atoms with Crippen LogP contribution >= 0.6 is 27.5 Å². The molecule has 0 spiro atoms. The van der Waals surface area contributed by atoms with E-state index < -0.39 is 16.8 Å². The molecule has 0 radical (unpaired) electrons. The summed E-state index contributed by atoms with van der Waals surface area (Å²) in [4.78, 5) is 31.1. The standard InChI is InChI=1S/C17H11BrClN5O4/c18-17-21-15-11(10-6-8(24(27)28)3-4-9(10)16(25)26)7-13(23(15)22-17)14-12(19)2-1-5-20-14/h1-6,11,13H,7H2,(H,25,26)/t11-,13+/m1/s1. The Morgan fingerprint density at radius 3 is 2.86 bits per heavy atom. The number of benzene rings is 1. The largest absolute Gasteiger partial charge is 0.478 e. The first-order valence-corrected chi connectivity index (χ1v) is 9.28. The van der Waals surface area contributed by atoms with E-state index in [2.05, 4.69) is 31.0 Å². The van der Waals surface area contributed by atoms with Crippen molar-refractivity contribution in [3.8, 4) is 0 Å². The second-order valence-corrected chi connectivity index (χ2v) is 7.31. The van der Waals surface area contributed by atoms with Crippen molar-refractivity contribution in [2.24, 2.45) is 0 Å². The lowest BCUT2D eigenvalue weighted by Crippen LogP contribution is -2.10. The van der Waals surface area contributed by atoms with Gasteiger partial charge < -0.3 is 5.11 Å². The third-order valence-corrected chi connectivity index (χ3v) is 5.31. The van der Waals surface area contributed by atoms with Crippen molar-refractivity contribution >= 4 is 39.2 Å². The van der Waals surface area contributed by atoms with Gasteiger partial charge in [0.05, 0.1) is 27.2 Å². The van der Waals surface area contributed by atoms with Crippen LogP contribution in [0.15, 0.2) is 41.3 Å². The summed E-state index contributed by atoms with van der Waals surface area (Å²) in [6.45, 7) is 0. The second-order valence-electron chi connectivity index (χ2n) is 6.19. The first-order chi connectivity index (χ1) is 13.4. The van der Waals surface area contributed by atoms with Gasteiger partial charge in [-0.15, -0.1) is 5.10 Å². The van der Waals surface area contributed by atoms with Crippen molar-refractivity contribution in [1.82, 2.24) is 19.7 Å². The van der Waals surface area contributed by atoms with Crippen molar-refractivity contribution in [2.45, 2.75) is 18.4 Å². The van der Waals surface area contributed by atoms with Gasteiger partial charge in [0.15, 0.2) is 0 Å². The van der Waals surface area contributed by atoms with Crippen LogP contribution in [-0.2, 0) is 0 Å². The average Bonchev–Trinajstić information content (AvgIpc) is 3.19. The van der Waals surface area contributed by atoms with Gasteiger partial charge in [-0.1, -0.05) is 11.6 Å². The molecule has 2 aromatic heterocycles. The number of hydrogen-bond acceptors (Lipinski definition) is 6. The van der Waals surface area contributed by atoms with E-state index in [0.717, 1.165) is 0 Å². The van der Waals surface area contributed by atoms with Crippen LogP contribution in [0.1, 0.15) is 45.8 Å². The SMILES string of the molecule is O=C(O)c1ccc([N+](=O)[O-])cc1[C@H]1C[C@@H](c2ncccc2Cl)n2nc(Br)nc21. The van der Waals surface area contributed by atoms with E-state index in [9.17, 15) is 20.0 Å². The Bertz CT molecular complexity index is 1120. The number of nitrogens with zero attached hydrogens (tertiary/aromatic N) is 5. The summed E-state index contributed by atoms with van der Waals surface area (Å²) in [6.07, 6.45) is 1.98. The van der Waals surface area contributed by atoms with Crippen molar-refractivity contribution in [3.05, 3.63) is 79.0 Å². The highest BCUT2D eigenvalue weighted by atomic mass is 79.9. The number of nitro groups is 1. The van der Waals surface area contributed by atoms with E-state index in [-0.39, 0.29) is 17.3 Å². The van der Waals surface area contributed by atoms with Crippen LogP contribution in [0.4, 0.5) is 5.69 Å². The summed E-state index contributed by atoms with van der Waals surface area (Å²) >= 11 is 9.54. The number of rotatable bonds is 4. The number of hydrogen-bond donors (Lipinski definition) is 1. The molecule has 0 saturated heterocycles. The number of carboxylic acids is 1. The molecule has 0 aliphatic carbocycles. The van der Waals surface area contributed by atoms with Gasteiger partial charge in [0.2, 0.25) is 4.73 Å². The molecule has 9 nitrogen and oxygen atoms in total. The Balaban J connectivity index is 1.88. The normalized spacial score (nSPS) is 18.1. The number of carbonyl (C=O) groups is 1. The summed E-state index contributed by atoms with van der Waals surface area (Å²) < 4.78 is 1.96.